The average molecular weight is 353 g/mol. The van der Waals surface area contributed by atoms with Gasteiger partial charge in [-0.15, -0.1) is 5.10 Å². The van der Waals surface area contributed by atoms with E-state index in [4.69, 9.17) is 0 Å². The highest BCUT2D eigenvalue weighted by Gasteiger charge is 2.24. The maximum atomic E-state index is 13.3. The summed E-state index contributed by atoms with van der Waals surface area (Å²) in [6.45, 7) is 2.01. The molecule has 0 radical (unpaired) electrons. The number of piperidine rings is 1. The van der Waals surface area contributed by atoms with Crippen LogP contribution in [0, 0.1) is 5.82 Å². The third kappa shape index (κ3) is 3.57. The van der Waals surface area contributed by atoms with Crippen LogP contribution in [0.4, 0.5) is 10.1 Å². The van der Waals surface area contributed by atoms with Crippen LogP contribution in [-0.2, 0) is 4.79 Å². The molecule has 1 fully saturated rings. The Morgan fingerprint density at radius 3 is 2.69 bits per heavy atom. The van der Waals surface area contributed by atoms with Crippen LogP contribution in [0.15, 0.2) is 48.5 Å². The molecule has 26 heavy (non-hydrogen) atoms. The molecule has 0 aliphatic carbocycles. The number of aromatic nitrogens is 3. The Morgan fingerprint density at radius 2 is 1.92 bits per heavy atom. The van der Waals surface area contributed by atoms with E-state index in [1.807, 2.05) is 35.0 Å². The number of para-hydroxylation sites is 1. The number of carbonyl (C=O) groups is 1. The predicted molar refractivity (Wildman–Crippen MR) is 97.3 cm³/mol. The van der Waals surface area contributed by atoms with Gasteiger partial charge in [0.2, 0.25) is 5.91 Å². The Balaban J connectivity index is 1.34. The first-order valence-electron chi connectivity index (χ1n) is 8.77. The van der Waals surface area contributed by atoms with Crippen LogP contribution in [0.5, 0.6) is 0 Å². The monoisotopic (exact) mass is 353 g/mol. The first-order chi connectivity index (χ1) is 12.7. The topological polar surface area (TPSA) is 63.1 Å². The third-order valence-electron chi connectivity index (χ3n) is 4.76. The van der Waals surface area contributed by atoms with Crippen molar-refractivity contribution in [1.29, 1.82) is 0 Å². The van der Waals surface area contributed by atoms with Crippen molar-refractivity contribution in [2.24, 2.45) is 0 Å². The van der Waals surface area contributed by atoms with Crippen molar-refractivity contribution in [2.75, 3.05) is 25.0 Å². The maximum Gasteiger partial charge on any atom is 0.238 e. The Morgan fingerprint density at radius 1 is 1.15 bits per heavy atom. The van der Waals surface area contributed by atoms with Gasteiger partial charge in [0.15, 0.2) is 0 Å². The number of benzene rings is 2. The number of nitrogens with zero attached hydrogens (tertiary/aromatic N) is 4. The molecule has 0 atom stereocenters. The number of likely N-dealkylation sites (tertiary alicyclic amines) is 1. The first kappa shape index (κ1) is 16.7. The number of amides is 1. The fraction of sp³-hybridized carbons (Fsp3) is 0.316. The molecule has 2 heterocycles. The van der Waals surface area contributed by atoms with E-state index in [1.165, 1.54) is 12.1 Å². The summed E-state index contributed by atoms with van der Waals surface area (Å²) in [7, 11) is 0. The van der Waals surface area contributed by atoms with E-state index in [-0.39, 0.29) is 17.8 Å². The molecule has 1 amide bonds. The third-order valence-corrected chi connectivity index (χ3v) is 4.76. The number of nitrogens with one attached hydrogen (secondary N) is 1. The molecule has 1 aliphatic rings. The van der Waals surface area contributed by atoms with Crippen LogP contribution in [0.3, 0.4) is 0 Å². The molecule has 2 aromatic carbocycles. The Hall–Kier alpha value is -2.80. The van der Waals surface area contributed by atoms with Crippen molar-refractivity contribution < 1.29 is 9.18 Å². The van der Waals surface area contributed by atoms with Gasteiger partial charge < -0.3 is 5.32 Å². The van der Waals surface area contributed by atoms with Gasteiger partial charge in [-0.1, -0.05) is 23.4 Å². The quantitative estimate of drug-likeness (QED) is 0.783. The molecule has 0 unspecified atom stereocenters. The maximum absolute atomic E-state index is 13.3. The van der Waals surface area contributed by atoms with Crippen molar-refractivity contribution >= 4 is 22.6 Å². The molecule has 6 nitrogen and oxygen atoms in total. The van der Waals surface area contributed by atoms with Crippen LogP contribution < -0.4 is 5.32 Å². The number of hydrogen-bond donors (Lipinski definition) is 1. The fourth-order valence-corrected chi connectivity index (χ4v) is 3.43. The lowest BCUT2D eigenvalue weighted by Crippen LogP contribution is -2.39. The van der Waals surface area contributed by atoms with Gasteiger partial charge in [-0.05, 0) is 37.1 Å². The molecule has 1 aromatic heterocycles. The summed E-state index contributed by atoms with van der Waals surface area (Å²) in [5.74, 6) is -0.305. The summed E-state index contributed by atoms with van der Waals surface area (Å²) in [4.78, 5) is 14.3. The summed E-state index contributed by atoms with van der Waals surface area (Å²) in [6, 6.07) is 14.3. The van der Waals surface area contributed by atoms with Gasteiger partial charge in [0.05, 0.1) is 18.1 Å². The zero-order valence-corrected chi connectivity index (χ0v) is 14.3. The largest absolute Gasteiger partial charge is 0.325 e. The van der Waals surface area contributed by atoms with Crippen molar-refractivity contribution in [1.82, 2.24) is 19.9 Å². The minimum absolute atomic E-state index is 0.00340. The van der Waals surface area contributed by atoms with Gasteiger partial charge >= 0.3 is 0 Å². The van der Waals surface area contributed by atoms with E-state index >= 15 is 0 Å². The van der Waals surface area contributed by atoms with Crippen LogP contribution in [-0.4, -0.2) is 45.4 Å². The van der Waals surface area contributed by atoms with Gasteiger partial charge in [-0.3, -0.25) is 9.69 Å². The van der Waals surface area contributed by atoms with Gasteiger partial charge in [-0.2, -0.15) is 0 Å². The van der Waals surface area contributed by atoms with Crippen molar-refractivity contribution in [3.05, 3.63) is 54.3 Å². The number of carbonyl (C=O) groups excluding carboxylic acids is 1. The summed E-state index contributed by atoms with van der Waals surface area (Å²) < 4.78 is 15.2. The first-order valence-corrected chi connectivity index (χ1v) is 8.77. The minimum Gasteiger partial charge on any atom is -0.325 e. The molecule has 0 saturated carbocycles. The van der Waals surface area contributed by atoms with Gasteiger partial charge in [0.1, 0.15) is 11.3 Å². The van der Waals surface area contributed by atoms with Crippen LogP contribution in [0.2, 0.25) is 0 Å². The predicted octanol–water partition coefficient (Wildman–Crippen LogP) is 2.85. The van der Waals surface area contributed by atoms with E-state index in [0.717, 1.165) is 37.1 Å². The minimum atomic E-state index is -0.302. The molecule has 1 saturated heterocycles. The second-order valence-electron chi connectivity index (χ2n) is 6.59. The highest BCUT2D eigenvalue weighted by molar-refractivity contribution is 5.92. The molecule has 0 bridgehead atoms. The lowest BCUT2D eigenvalue weighted by atomic mass is 10.0. The summed E-state index contributed by atoms with van der Waals surface area (Å²) >= 11 is 0. The van der Waals surface area contributed by atoms with Crippen LogP contribution in [0.25, 0.3) is 11.0 Å². The number of anilines is 1. The Bertz CT molecular complexity index is 903. The summed E-state index contributed by atoms with van der Waals surface area (Å²) in [6.07, 6.45) is 1.77. The van der Waals surface area contributed by atoms with Gasteiger partial charge in [-0.25, -0.2) is 9.07 Å². The van der Waals surface area contributed by atoms with E-state index in [9.17, 15) is 9.18 Å². The highest BCUT2D eigenvalue weighted by Crippen LogP contribution is 2.25. The van der Waals surface area contributed by atoms with E-state index < -0.39 is 0 Å². The lowest BCUT2D eigenvalue weighted by molar-refractivity contribution is -0.117. The second kappa shape index (κ2) is 7.21. The van der Waals surface area contributed by atoms with Crippen LogP contribution >= 0.6 is 0 Å². The number of fused-ring (bicyclic) bond motifs is 1. The molecule has 7 heteroatoms. The molecular formula is C19H20FN5O. The second-order valence-corrected chi connectivity index (χ2v) is 6.59. The molecule has 4 rings (SSSR count). The normalized spacial score (nSPS) is 16.0. The van der Waals surface area contributed by atoms with E-state index in [1.54, 1.807) is 6.07 Å². The van der Waals surface area contributed by atoms with Crippen LogP contribution in [0.1, 0.15) is 18.9 Å². The summed E-state index contributed by atoms with van der Waals surface area (Å²) in [5, 5.41) is 11.2. The zero-order chi connectivity index (χ0) is 17.9. The number of halogens is 1. The van der Waals surface area contributed by atoms with Crippen molar-refractivity contribution in [3.8, 4) is 0 Å². The smallest absolute Gasteiger partial charge is 0.238 e. The molecule has 1 N–H and O–H groups in total. The highest BCUT2D eigenvalue weighted by atomic mass is 19.1. The molecule has 0 spiro atoms. The van der Waals surface area contributed by atoms with E-state index in [0.29, 0.717) is 12.1 Å². The Kier molecular flexibility index (Phi) is 4.62. The Labute approximate surface area is 150 Å². The summed E-state index contributed by atoms with van der Waals surface area (Å²) in [5.41, 5.74) is 2.25. The average Bonchev–Trinajstić information content (AvgIpc) is 3.06. The molecule has 1 aliphatic heterocycles. The van der Waals surface area contributed by atoms with Gasteiger partial charge in [0, 0.05) is 24.8 Å². The standard InChI is InChI=1S/C19H20FN5O/c20-14-6-7-18-17(12-14)22-23-25(18)16-8-10-24(11-9-16)13-19(26)21-15-4-2-1-3-5-15/h1-7,12,16H,8-11,13H2,(H,21,26). The SMILES string of the molecule is O=C(CN1CCC(n2nnc3cc(F)ccc32)CC1)Nc1ccccc1. The van der Waals surface area contributed by atoms with Crippen molar-refractivity contribution in [2.45, 2.75) is 18.9 Å². The molecule has 134 valence electrons. The zero-order valence-electron chi connectivity index (χ0n) is 14.3. The lowest BCUT2D eigenvalue weighted by Gasteiger charge is -2.31. The molecule has 3 aromatic rings. The van der Waals surface area contributed by atoms with Crippen molar-refractivity contribution in [3.63, 3.8) is 0 Å². The number of rotatable bonds is 4. The molecular weight excluding hydrogens is 333 g/mol. The fourth-order valence-electron chi connectivity index (χ4n) is 3.43. The van der Waals surface area contributed by atoms with E-state index in [2.05, 4.69) is 20.5 Å². The number of hydrogen-bond acceptors (Lipinski definition) is 4. The van der Waals surface area contributed by atoms with Gasteiger partial charge in [0.25, 0.3) is 0 Å².